The van der Waals surface area contributed by atoms with Crippen molar-refractivity contribution >= 4 is 34.9 Å². The van der Waals surface area contributed by atoms with E-state index in [1.807, 2.05) is 0 Å². The Labute approximate surface area is 173 Å². The number of nitrogens with one attached hydrogen (secondary N) is 1. The van der Waals surface area contributed by atoms with Crippen molar-refractivity contribution in [3.63, 3.8) is 0 Å². The highest BCUT2D eigenvalue weighted by atomic mass is 35.5. The van der Waals surface area contributed by atoms with E-state index in [4.69, 9.17) is 25.8 Å². The van der Waals surface area contributed by atoms with Crippen LogP contribution in [0.2, 0.25) is 5.02 Å². The van der Waals surface area contributed by atoms with Crippen LogP contribution in [0.5, 0.6) is 17.2 Å². The highest BCUT2D eigenvalue weighted by molar-refractivity contribution is 6.31. The van der Waals surface area contributed by atoms with Gasteiger partial charge >= 0.3 is 6.03 Å². The molecule has 0 unspecified atom stereocenters. The first-order valence-corrected chi connectivity index (χ1v) is 9.26. The zero-order valence-electron chi connectivity index (χ0n) is 16.4. The summed E-state index contributed by atoms with van der Waals surface area (Å²) in [6.07, 6.45) is 0. The van der Waals surface area contributed by atoms with Crippen LogP contribution in [0, 0.1) is 0 Å². The van der Waals surface area contributed by atoms with Crippen LogP contribution in [-0.4, -0.2) is 57.8 Å². The highest BCUT2D eigenvalue weighted by Crippen LogP contribution is 2.33. The Bertz CT molecular complexity index is 921. The molecule has 0 bridgehead atoms. The minimum atomic E-state index is -0.340. The number of halogens is 1. The van der Waals surface area contributed by atoms with Crippen molar-refractivity contribution in [2.75, 3.05) is 51.2 Å². The monoisotopic (exact) mass is 419 g/mol. The molecule has 0 spiro atoms. The van der Waals surface area contributed by atoms with E-state index >= 15 is 0 Å². The molecule has 0 aliphatic carbocycles. The molecule has 29 heavy (non-hydrogen) atoms. The number of anilines is 2. The Balaban J connectivity index is 1.67. The molecular weight excluding hydrogens is 398 g/mol. The standard InChI is InChI=1S/C20H22ClN3O5/c1-27-16-6-4-13(21)10-15(16)22-19(25)12-23-8-9-24(20(23)26)14-5-7-17(28-2)18(11-14)29-3/h4-7,10-11H,8-9,12H2,1-3H3,(H,22,25). The van der Waals surface area contributed by atoms with Gasteiger partial charge in [-0.2, -0.15) is 0 Å². The Morgan fingerprint density at radius 2 is 1.69 bits per heavy atom. The van der Waals surface area contributed by atoms with Gasteiger partial charge in [-0.1, -0.05) is 11.6 Å². The maximum atomic E-state index is 12.8. The fourth-order valence-corrected chi connectivity index (χ4v) is 3.27. The molecule has 1 aliphatic rings. The normalized spacial score (nSPS) is 13.4. The fraction of sp³-hybridized carbons (Fsp3) is 0.300. The Morgan fingerprint density at radius 3 is 2.38 bits per heavy atom. The van der Waals surface area contributed by atoms with Gasteiger partial charge in [-0.3, -0.25) is 9.69 Å². The summed E-state index contributed by atoms with van der Waals surface area (Å²) in [6, 6.07) is 9.92. The van der Waals surface area contributed by atoms with Crippen LogP contribution in [0.1, 0.15) is 0 Å². The van der Waals surface area contributed by atoms with E-state index in [1.165, 1.54) is 19.1 Å². The summed E-state index contributed by atoms with van der Waals surface area (Å²) in [5, 5.41) is 3.21. The van der Waals surface area contributed by atoms with Gasteiger partial charge in [-0.25, -0.2) is 4.79 Å². The molecule has 1 N–H and O–H groups in total. The number of hydrogen-bond acceptors (Lipinski definition) is 5. The van der Waals surface area contributed by atoms with Crippen LogP contribution in [0.15, 0.2) is 36.4 Å². The Kier molecular flexibility index (Phi) is 6.33. The largest absolute Gasteiger partial charge is 0.495 e. The van der Waals surface area contributed by atoms with E-state index in [9.17, 15) is 9.59 Å². The maximum absolute atomic E-state index is 12.8. The molecule has 8 nitrogen and oxygen atoms in total. The van der Waals surface area contributed by atoms with E-state index in [0.717, 1.165) is 0 Å². The minimum absolute atomic E-state index is 0.0850. The van der Waals surface area contributed by atoms with Gasteiger partial charge in [0.2, 0.25) is 5.91 Å². The third-order valence-electron chi connectivity index (χ3n) is 4.54. The molecule has 154 valence electrons. The van der Waals surface area contributed by atoms with Gasteiger partial charge < -0.3 is 24.4 Å². The minimum Gasteiger partial charge on any atom is -0.495 e. The highest BCUT2D eigenvalue weighted by Gasteiger charge is 2.31. The molecule has 1 heterocycles. The first-order chi connectivity index (χ1) is 14.0. The van der Waals surface area contributed by atoms with Crippen LogP contribution in [0.25, 0.3) is 0 Å². The number of carbonyl (C=O) groups is 2. The summed E-state index contributed by atoms with van der Waals surface area (Å²) in [6.45, 7) is 0.799. The molecule has 2 aromatic carbocycles. The van der Waals surface area contributed by atoms with Gasteiger partial charge in [0.25, 0.3) is 0 Å². The molecule has 0 saturated carbocycles. The summed E-state index contributed by atoms with van der Waals surface area (Å²) in [5.41, 5.74) is 1.13. The summed E-state index contributed by atoms with van der Waals surface area (Å²) in [7, 11) is 4.59. The molecule has 0 radical (unpaired) electrons. The maximum Gasteiger partial charge on any atom is 0.325 e. The first kappa shape index (κ1) is 20.6. The molecular formula is C20H22ClN3O5. The predicted octanol–water partition coefficient (Wildman–Crippen LogP) is 3.25. The number of amides is 3. The molecule has 1 aliphatic heterocycles. The van der Waals surface area contributed by atoms with Crippen molar-refractivity contribution < 1.29 is 23.8 Å². The van der Waals surface area contributed by atoms with Crippen LogP contribution < -0.4 is 24.4 Å². The lowest BCUT2D eigenvalue weighted by Gasteiger charge is -2.20. The van der Waals surface area contributed by atoms with Gasteiger partial charge in [-0.15, -0.1) is 0 Å². The molecule has 0 aromatic heterocycles. The number of rotatable bonds is 7. The first-order valence-electron chi connectivity index (χ1n) is 8.88. The third-order valence-corrected chi connectivity index (χ3v) is 4.78. The molecule has 1 saturated heterocycles. The topological polar surface area (TPSA) is 80.3 Å². The number of urea groups is 1. The molecule has 3 rings (SSSR count). The van der Waals surface area contributed by atoms with Crippen LogP contribution >= 0.6 is 11.6 Å². The van der Waals surface area contributed by atoms with E-state index in [-0.39, 0.29) is 18.5 Å². The quantitative estimate of drug-likeness (QED) is 0.745. The number of benzene rings is 2. The van der Waals surface area contributed by atoms with Crippen molar-refractivity contribution in [1.29, 1.82) is 0 Å². The fourth-order valence-electron chi connectivity index (χ4n) is 3.10. The van der Waals surface area contributed by atoms with E-state index in [1.54, 1.807) is 48.4 Å². The van der Waals surface area contributed by atoms with Gasteiger partial charge in [-0.05, 0) is 30.3 Å². The van der Waals surface area contributed by atoms with Crippen molar-refractivity contribution in [2.24, 2.45) is 0 Å². The third kappa shape index (κ3) is 4.48. The van der Waals surface area contributed by atoms with Crippen LogP contribution in [0.3, 0.4) is 0 Å². The zero-order valence-corrected chi connectivity index (χ0v) is 17.2. The number of methoxy groups -OCH3 is 3. The Hall–Kier alpha value is -3.13. The number of carbonyl (C=O) groups excluding carboxylic acids is 2. The molecule has 0 atom stereocenters. The summed E-state index contributed by atoms with van der Waals surface area (Å²) in [4.78, 5) is 28.3. The van der Waals surface area contributed by atoms with Gasteiger partial charge in [0, 0.05) is 29.9 Å². The lowest BCUT2D eigenvalue weighted by Crippen LogP contribution is -2.37. The number of hydrogen-bond donors (Lipinski definition) is 1. The second-order valence-electron chi connectivity index (χ2n) is 6.29. The predicted molar refractivity (Wildman–Crippen MR) is 110 cm³/mol. The van der Waals surface area contributed by atoms with Crippen molar-refractivity contribution in [2.45, 2.75) is 0 Å². The summed E-state index contributed by atoms with van der Waals surface area (Å²) in [5.74, 6) is 1.26. The van der Waals surface area contributed by atoms with Crippen LogP contribution in [-0.2, 0) is 4.79 Å². The molecule has 1 fully saturated rings. The van der Waals surface area contributed by atoms with Crippen molar-refractivity contribution in [1.82, 2.24) is 4.90 Å². The molecule has 2 aromatic rings. The Morgan fingerprint density at radius 1 is 1.00 bits per heavy atom. The van der Waals surface area contributed by atoms with Gasteiger partial charge in [0.15, 0.2) is 11.5 Å². The zero-order chi connectivity index (χ0) is 21.0. The smallest absolute Gasteiger partial charge is 0.325 e. The lowest BCUT2D eigenvalue weighted by molar-refractivity contribution is -0.116. The molecule has 9 heteroatoms. The summed E-state index contributed by atoms with van der Waals surface area (Å²) >= 11 is 5.99. The number of nitrogens with zero attached hydrogens (tertiary/aromatic N) is 2. The summed E-state index contributed by atoms with van der Waals surface area (Å²) < 4.78 is 15.7. The SMILES string of the molecule is COc1ccc(Cl)cc1NC(=O)CN1CCN(c2ccc(OC)c(OC)c2)C1=O. The average molecular weight is 420 g/mol. The van der Waals surface area contributed by atoms with Gasteiger partial charge in [0.1, 0.15) is 12.3 Å². The van der Waals surface area contributed by atoms with E-state index in [2.05, 4.69) is 5.32 Å². The van der Waals surface area contributed by atoms with Crippen LogP contribution in [0.4, 0.5) is 16.2 Å². The second-order valence-corrected chi connectivity index (χ2v) is 6.72. The number of ether oxygens (including phenoxy) is 3. The van der Waals surface area contributed by atoms with Gasteiger partial charge in [0.05, 0.1) is 27.0 Å². The second kappa shape index (κ2) is 8.91. The van der Waals surface area contributed by atoms with Crippen molar-refractivity contribution in [3.8, 4) is 17.2 Å². The van der Waals surface area contributed by atoms with Crippen molar-refractivity contribution in [3.05, 3.63) is 41.4 Å². The average Bonchev–Trinajstić information content (AvgIpc) is 3.07. The van der Waals surface area contributed by atoms with E-state index in [0.29, 0.717) is 46.7 Å². The lowest BCUT2D eigenvalue weighted by atomic mass is 10.2. The van der Waals surface area contributed by atoms with E-state index < -0.39 is 0 Å². The molecule has 3 amide bonds.